The van der Waals surface area contributed by atoms with Crippen LogP contribution in [0.2, 0.25) is 0 Å². The monoisotopic (exact) mass is 396 g/mol. The van der Waals surface area contributed by atoms with Crippen molar-refractivity contribution in [2.75, 3.05) is 5.32 Å². The van der Waals surface area contributed by atoms with Gasteiger partial charge in [0.15, 0.2) is 0 Å². The van der Waals surface area contributed by atoms with E-state index >= 15 is 0 Å². The number of nitrogens with one attached hydrogen (secondary N) is 1. The molecule has 0 fully saturated rings. The lowest BCUT2D eigenvalue weighted by Crippen LogP contribution is -2.15. The highest BCUT2D eigenvalue weighted by Crippen LogP contribution is 2.26. The SMILES string of the molecule is Cc1c(Br)cc(C(=O)Nc2ccc(Br)cn2)c(C)c1C. The van der Waals surface area contributed by atoms with Gasteiger partial charge in [-0.1, -0.05) is 15.9 Å². The number of carbonyl (C=O) groups excluding carboxylic acids is 1. The number of pyridine rings is 1. The summed E-state index contributed by atoms with van der Waals surface area (Å²) in [6.07, 6.45) is 1.65. The molecule has 104 valence electrons. The van der Waals surface area contributed by atoms with Crippen molar-refractivity contribution in [2.45, 2.75) is 20.8 Å². The van der Waals surface area contributed by atoms with Crippen LogP contribution in [0.4, 0.5) is 5.82 Å². The molecular formula is C15H14Br2N2O. The van der Waals surface area contributed by atoms with Crippen LogP contribution in [0.5, 0.6) is 0 Å². The zero-order chi connectivity index (χ0) is 14.9. The molecule has 20 heavy (non-hydrogen) atoms. The minimum Gasteiger partial charge on any atom is -0.307 e. The van der Waals surface area contributed by atoms with E-state index in [-0.39, 0.29) is 5.91 Å². The number of hydrogen-bond donors (Lipinski definition) is 1. The fourth-order valence-corrected chi connectivity index (χ4v) is 2.64. The number of halogens is 2. The molecule has 0 saturated heterocycles. The van der Waals surface area contributed by atoms with Crippen LogP contribution in [0, 0.1) is 20.8 Å². The highest BCUT2D eigenvalue weighted by molar-refractivity contribution is 9.10. The van der Waals surface area contributed by atoms with Gasteiger partial charge >= 0.3 is 0 Å². The average Bonchev–Trinajstić information content (AvgIpc) is 2.43. The molecule has 2 rings (SSSR count). The van der Waals surface area contributed by atoms with E-state index in [1.54, 1.807) is 12.3 Å². The van der Waals surface area contributed by atoms with E-state index in [0.717, 1.165) is 25.6 Å². The number of amides is 1. The molecule has 0 bridgehead atoms. The molecule has 5 heteroatoms. The lowest BCUT2D eigenvalue weighted by Gasteiger charge is -2.13. The highest BCUT2D eigenvalue weighted by Gasteiger charge is 2.14. The van der Waals surface area contributed by atoms with Crippen molar-refractivity contribution in [1.82, 2.24) is 4.98 Å². The molecule has 0 saturated carbocycles. The van der Waals surface area contributed by atoms with E-state index in [9.17, 15) is 4.79 Å². The predicted molar refractivity (Wildman–Crippen MR) is 88.2 cm³/mol. The van der Waals surface area contributed by atoms with Crippen LogP contribution in [0.1, 0.15) is 27.0 Å². The third-order valence-electron chi connectivity index (χ3n) is 3.37. The summed E-state index contributed by atoms with van der Waals surface area (Å²) in [5.41, 5.74) is 3.92. The Morgan fingerprint density at radius 1 is 1.10 bits per heavy atom. The van der Waals surface area contributed by atoms with Crippen LogP contribution < -0.4 is 5.32 Å². The van der Waals surface area contributed by atoms with E-state index in [4.69, 9.17) is 0 Å². The van der Waals surface area contributed by atoms with E-state index < -0.39 is 0 Å². The summed E-state index contributed by atoms with van der Waals surface area (Å²) in [6, 6.07) is 5.45. The Kier molecular flexibility index (Phi) is 4.60. The van der Waals surface area contributed by atoms with Gasteiger partial charge in [-0.05, 0) is 71.6 Å². The normalized spacial score (nSPS) is 10.4. The lowest BCUT2D eigenvalue weighted by molar-refractivity contribution is 0.102. The maximum Gasteiger partial charge on any atom is 0.257 e. The van der Waals surface area contributed by atoms with Crippen LogP contribution in [-0.2, 0) is 0 Å². The minimum atomic E-state index is -0.152. The molecular weight excluding hydrogens is 384 g/mol. The zero-order valence-electron chi connectivity index (χ0n) is 11.4. The van der Waals surface area contributed by atoms with Crippen LogP contribution in [-0.4, -0.2) is 10.9 Å². The van der Waals surface area contributed by atoms with E-state index in [0.29, 0.717) is 11.4 Å². The first kappa shape index (κ1) is 15.2. The molecule has 2 aromatic rings. The van der Waals surface area contributed by atoms with Crippen molar-refractivity contribution in [3.05, 3.63) is 55.6 Å². The van der Waals surface area contributed by atoms with Crippen LogP contribution >= 0.6 is 31.9 Å². The summed E-state index contributed by atoms with van der Waals surface area (Å²) < 4.78 is 1.81. The standard InChI is InChI=1S/C15H14Br2N2O/c1-8-9(2)12(6-13(17)10(8)3)15(20)19-14-5-4-11(16)7-18-14/h4-7H,1-3H3,(H,18,19,20). The largest absolute Gasteiger partial charge is 0.307 e. The van der Waals surface area contributed by atoms with Crippen molar-refractivity contribution >= 4 is 43.6 Å². The van der Waals surface area contributed by atoms with Gasteiger partial charge in [-0.3, -0.25) is 4.79 Å². The number of hydrogen-bond acceptors (Lipinski definition) is 2. The summed E-state index contributed by atoms with van der Waals surface area (Å²) in [5.74, 6) is 0.382. The van der Waals surface area contributed by atoms with E-state index in [2.05, 4.69) is 42.2 Å². The van der Waals surface area contributed by atoms with Crippen LogP contribution in [0.3, 0.4) is 0 Å². The van der Waals surface area contributed by atoms with Crippen molar-refractivity contribution in [3.63, 3.8) is 0 Å². The van der Waals surface area contributed by atoms with Crippen LogP contribution in [0.15, 0.2) is 33.3 Å². The Morgan fingerprint density at radius 2 is 1.80 bits per heavy atom. The van der Waals surface area contributed by atoms with Gasteiger partial charge in [0, 0.05) is 20.7 Å². The first-order valence-electron chi connectivity index (χ1n) is 6.09. The second-order valence-electron chi connectivity index (χ2n) is 4.60. The summed E-state index contributed by atoms with van der Waals surface area (Å²) in [6.45, 7) is 6.01. The van der Waals surface area contributed by atoms with Crippen molar-refractivity contribution in [3.8, 4) is 0 Å². The Labute approximate surface area is 135 Å². The summed E-state index contributed by atoms with van der Waals surface area (Å²) >= 11 is 6.81. The smallest absolute Gasteiger partial charge is 0.257 e. The van der Waals surface area contributed by atoms with E-state index in [1.807, 2.05) is 32.9 Å². The topological polar surface area (TPSA) is 42.0 Å². The molecule has 0 atom stereocenters. The first-order valence-corrected chi connectivity index (χ1v) is 7.68. The van der Waals surface area contributed by atoms with Crippen molar-refractivity contribution in [1.29, 1.82) is 0 Å². The molecule has 0 aliphatic rings. The number of carbonyl (C=O) groups is 1. The Bertz CT molecular complexity index is 667. The number of aromatic nitrogens is 1. The molecule has 3 nitrogen and oxygen atoms in total. The summed E-state index contributed by atoms with van der Waals surface area (Å²) in [4.78, 5) is 16.5. The first-order chi connectivity index (χ1) is 9.40. The van der Waals surface area contributed by atoms with Gasteiger partial charge in [0.2, 0.25) is 0 Å². The summed E-state index contributed by atoms with van der Waals surface area (Å²) in [5, 5.41) is 2.81. The molecule has 0 unspecified atom stereocenters. The van der Waals surface area contributed by atoms with Gasteiger partial charge in [0.25, 0.3) is 5.91 Å². The third-order valence-corrected chi connectivity index (χ3v) is 4.66. The average molecular weight is 398 g/mol. The molecule has 1 aromatic heterocycles. The zero-order valence-corrected chi connectivity index (χ0v) is 14.6. The Balaban J connectivity index is 2.32. The number of benzene rings is 1. The number of nitrogens with zero attached hydrogens (tertiary/aromatic N) is 1. The predicted octanol–water partition coefficient (Wildman–Crippen LogP) is 4.78. The maximum atomic E-state index is 12.4. The second kappa shape index (κ2) is 6.06. The highest BCUT2D eigenvalue weighted by atomic mass is 79.9. The van der Waals surface area contributed by atoms with E-state index in [1.165, 1.54) is 0 Å². The number of rotatable bonds is 2. The molecule has 1 aromatic carbocycles. The van der Waals surface area contributed by atoms with Gasteiger partial charge in [-0.15, -0.1) is 0 Å². The van der Waals surface area contributed by atoms with Crippen LogP contribution in [0.25, 0.3) is 0 Å². The third kappa shape index (κ3) is 3.10. The summed E-state index contributed by atoms with van der Waals surface area (Å²) in [7, 11) is 0. The molecule has 0 aliphatic heterocycles. The van der Waals surface area contributed by atoms with Gasteiger partial charge in [-0.2, -0.15) is 0 Å². The maximum absolute atomic E-state index is 12.4. The molecule has 0 spiro atoms. The molecule has 0 radical (unpaired) electrons. The lowest BCUT2D eigenvalue weighted by atomic mass is 9.98. The van der Waals surface area contributed by atoms with Gasteiger partial charge in [-0.25, -0.2) is 4.98 Å². The minimum absolute atomic E-state index is 0.152. The quantitative estimate of drug-likeness (QED) is 0.791. The Hall–Kier alpha value is -1.20. The van der Waals surface area contributed by atoms with Gasteiger partial charge in [0.05, 0.1) is 0 Å². The second-order valence-corrected chi connectivity index (χ2v) is 6.37. The molecule has 1 heterocycles. The number of anilines is 1. The van der Waals surface area contributed by atoms with Crippen molar-refractivity contribution in [2.24, 2.45) is 0 Å². The van der Waals surface area contributed by atoms with Gasteiger partial charge < -0.3 is 5.32 Å². The molecule has 1 amide bonds. The van der Waals surface area contributed by atoms with Crippen molar-refractivity contribution < 1.29 is 4.79 Å². The fraction of sp³-hybridized carbons (Fsp3) is 0.200. The molecule has 1 N–H and O–H groups in total. The van der Waals surface area contributed by atoms with Gasteiger partial charge in [0.1, 0.15) is 5.82 Å². The fourth-order valence-electron chi connectivity index (χ4n) is 1.87. The molecule has 0 aliphatic carbocycles. The Morgan fingerprint density at radius 3 is 2.40 bits per heavy atom.